The van der Waals surface area contributed by atoms with Crippen LogP contribution in [-0.2, 0) is 6.42 Å². The summed E-state index contributed by atoms with van der Waals surface area (Å²) < 4.78 is 0. The third kappa shape index (κ3) is 5.04. The number of rotatable bonds is 3. The van der Waals surface area contributed by atoms with Gasteiger partial charge in [0.15, 0.2) is 0 Å². The van der Waals surface area contributed by atoms with Gasteiger partial charge in [-0.15, -0.1) is 0 Å². The van der Waals surface area contributed by atoms with Crippen molar-refractivity contribution in [2.24, 2.45) is 5.41 Å². The first kappa shape index (κ1) is 13.8. The quantitative estimate of drug-likeness (QED) is 0.619. The van der Waals surface area contributed by atoms with Crippen LogP contribution in [0.3, 0.4) is 0 Å². The summed E-state index contributed by atoms with van der Waals surface area (Å²) in [6.07, 6.45) is 3.25. The van der Waals surface area contributed by atoms with Crippen molar-refractivity contribution in [2.75, 3.05) is 0 Å². The largest absolute Gasteiger partial charge is 0.0961 e. The van der Waals surface area contributed by atoms with Crippen molar-refractivity contribution in [1.29, 1.82) is 0 Å². The van der Waals surface area contributed by atoms with E-state index in [-0.39, 0.29) is 0 Å². The molecule has 92 valence electrons. The molecule has 0 bridgehead atoms. The molecule has 0 saturated carbocycles. The summed E-state index contributed by atoms with van der Waals surface area (Å²) in [5, 5.41) is 0. The number of allylic oxidation sites excluding steroid dienone is 3. The van der Waals surface area contributed by atoms with E-state index in [0.717, 1.165) is 12.0 Å². The van der Waals surface area contributed by atoms with Crippen LogP contribution < -0.4 is 0 Å². The second kappa shape index (κ2) is 5.35. The molecule has 0 aromatic heterocycles. The first-order valence-electron chi connectivity index (χ1n) is 6.21. The fraction of sp³-hybridized carbons (Fsp3) is 0.412. The van der Waals surface area contributed by atoms with Gasteiger partial charge in [0.1, 0.15) is 0 Å². The summed E-state index contributed by atoms with van der Waals surface area (Å²) in [7, 11) is 0. The highest BCUT2D eigenvalue weighted by atomic mass is 14.2. The van der Waals surface area contributed by atoms with E-state index in [9.17, 15) is 0 Å². The Bertz CT molecular complexity index is 428. The first-order valence-corrected chi connectivity index (χ1v) is 6.21. The van der Waals surface area contributed by atoms with E-state index < -0.39 is 0 Å². The molecule has 0 saturated heterocycles. The van der Waals surface area contributed by atoms with Crippen LogP contribution in [0.2, 0.25) is 0 Å². The van der Waals surface area contributed by atoms with E-state index in [1.54, 1.807) is 0 Å². The summed E-state index contributed by atoms with van der Waals surface area (Å²) in [6.45, 7) is 14.9. The molecule has 0 aliphatic heterocycles. The smallest absolute Gasteiger partial charge is 0.0225 e. The molecule has 0 amide bonds. The minimum Gasteiger partial charge on any atom is -0.0961 e. The van der Waals surface area contributed by atoms with Crippen molar-refractivity contribution in [3.8, 4) is 0 Å². The zero-order chi connectivity index (χ0) is 13.1. The molecule has 1 rings (SSSR count). The maximum absolute atomic E-state index is 3.93. The fourth-order valence-electron chi connectivity index (χ4n) is 1.99. The lowest BCUT2D eigenvalue weighted by Crippen LogP contribution is -2.09. The van der Waals surface area contributed by atoms with Gasteiger partial charge in [0.2, 0.25) is 0 Å². The van der Waals surface area contributed by atoms with Crippen LogP contribution in [0.4, 0.5) is 0 Å². The van der Waals surface area contributed by atoms with E-state index in [2.05, 4.69) is 64.6 Å². The van der Waals surface area contributed by atoms with E-state index >= 15 is 0 Å². The molecule has 1 aromatic carbocycles. The topological polar surface area (TPSA) is 0 Å². The van der Waals surface area contributed by atoms with Crippen molar-refractivity contribution in [3.05, 3.63) is 53.6 Å². The van der Waals surface area contributed by atoms with Gasteiger partial charge in [-0.3, -0.25) is 0 Å². The summed E-state index contributed by atoms with van der Waals surface area (Å²) in [5.41, 5.74) is 5.43. The van der Waals surface area contributed by atoms with E-state index in [1.807, 2.05) is 6.92 Å². The van der Waals surface area contributed by atoms with Crippen LogP contribution in [0.1, 0.15) is 45.7 Å². The van der Waals surface area contributed by atoms with Crippen LogP contribution >= 0.6 is 0 Å². The Balaban J connectivity index is 2.97. The van der Waals surface area contributed by atoms with Gasteiger partial charge in [0, 0.05) is 0 Å². The Labute approximate surface area is 106 Å². The molecule has 0 nitrogen and oxygen atoms in total. The second-order valence-electron chi connectivity index (χ2n) is 6.11. The van der Waals surface area contributed by atoms with Gasteiger partial charge in [-0.05, 0) is 42.4 Å². The monoisotopic (exact) mass is 228 g/mol. The molecule has 0 aliphatic carbocycles. The first-order chi connectivity index (χ1) is 7.78. The van der Waals surface area contributed by atoms with E-state index in [0.29, 0.717) is 5.41 Å². The SMILES string of the molecule is C=C(C)/C=C(\C)c1cccc(CC(C)(C)C)c1. The standard InChI is InChI=1S/C17H24/c1-13(2)10-14(3)16-9-7-8-15(11-16)12-17(4,5)6/h7-11H,1,12H2,2-6H3/b14-10+. The van der Waals surface area contributed by atoms with Gasteiger partial charge in [-0.1, -0.05) is 63.3 Å². The van der Waals surface area contributed by atoms with Gasteiger partial charge in [0.25, 0.3) is 0 Å². The molecule has 0 heteroatoms. The molecule has 0 spiro atoms. The molecular formula is C17H24. The number of hydrogen-bond acceptors (Lipinski definition) is 0. The predicted octanol–water partition coefficient (Wildman–Crippen LogP) is 5.25. The zero-order valence-electron chi connectivity index (χ0n) is 11.8. The Morgan fingerprint density at radius 2 is 1.88 bits per heavy atom. The van der Waals surface area contributed by atoms with Gasteiger partial charge < -0.3 is 0 Å². The molecular weight excluding hydrogens is 204 g/mol. The fourth-order valence-corrected chi connectivity index (χ4v) is 1.99. The lowest BCUT2D eigenvalue weighted by Gasteiger charge is -2.18. The van der Waals surface area contributed by atoms with Crippen LogP contribution in [-0.4, -0.2) is 0 Å². The Kier molecular flexibility index (Phi) is 4.34. The Morgan fingerprint density at radius 1 is 1.24 bits per heavy atom. The molecule has 0 N–H and O–H groups in total. The van der Waals surface area contributed by atoms with Crippen molar-refractivity contribution in [1.82, 2.24) is 0 Å². The maximum Gasteiger partial charge on any atom is -0.0225 e. The molecule has 17 heavy (non-hydrogen) atoms. The van der Waals surface area contributed by atoms with Crippen LogP contribution in [0.15, 0.2) is 42.5 Å². The molecule has 0 heterocycles. The zero-order valence-corrected chi connectivity index (χ0v) is 11.8. The van der Waals surface area contributed by atoms with Crippen molar-refractivity contribution >= 4 is 5.57 Å². The number of benzene rings is 1. The Morgan fingerprint density at radius 3 is 2.41 bits per heavy atom. The molecule has 0 fully saturated rings. The molecule has 0 radical (unpaired) electrons. The summed E-state index contributed by atoms with van der Waals surface area (Å²) in [4.78, 5) is 0. The van der Waals surface area contributed by atoms with Gasteiger partial charge >= 0.3 is 0 Å². The highest BCUT2D eigenvalue weighted by Crippen LogP contribution is 2.23. The third-order valence-electron chi connectivity index (χ3n) is 2.58. The van der Waals surface area contributed by atoms with Gasteiger partial charge in [0.05, 0.1) is 0 Å². The van der Waals surface area contributed by atoms with Gasteiger partial charge in [-0.2, -0.15) is 0 Å². The van der Waals surface area contributed by atoms with Crippen LogP contribution in [0, 0.1) is 5.41 Å². The highest BCUT2D eigenvalue weighted by Gasteiger charge is 2.11. The second-order valence-corrected chi connectivity index (χ2v) is 6.11. The normalized spacial score (nSPS) is 12.6. The Hall–Kier alpha value is -1.30. The van der Waals surface area contributed by atoms with Crippen molar-refractivity contribution in [2.45, 2.75) is 41.0 Å². The predicted molar refractivity (Wildman–Crippen MR) is 78.1 cm³/mol. The number of hydrogen-bond donors (Lipinski definition) is 0. The van der Waals surface area contributed by atoms with Crippen LogP contribution in [0.25, 0.3) is 5.57 Å². The third-order valence-corrected chi connectivity index (χ3v) is 2.58. The molecule has 0 atom stereocenters. The average Bonchev–Trinajstić information content (AvgIpc) is 2.14. The van der Waals surface area contributed by atoms with E-state index in [4.69, 9.17) is 0 Å². The van der Waals surface area contributed by atoms with Crippen molar-refractivity contribution in [3.63, 3.8) is 0 Å². The highest BCUT2D eigenvalue weighted by molar-refractivity contribution is 5.66. The lowest BCUT2D eigenvalue weighted by atomic mass is 9.87. The lowest BCUT2D eigenvalue weighted by molar-refractivity contribution is 0.411. The molecule has 0 unspecified atom stereocenters. The maximum atomic E-state index is 3.93. The summed E-state index contributed by atoms with van der Waals surface area (Å²) in [5.74, 6) is 0. The minimum atomic E-state index is 0.338. The molecule has 0 aliphatic rings. The van der Waals surface area contributed by atoms with E-state index in [1.165, 1.54) is 16.7 Å². The van der Waals surface area contributed by atoms with Crippen molar-refractivity contribution < 1.29 is 0 Å². The molecule has 1 aromatic rings. The average molecular weight is 228 g/mol. The summed E-state index contributed by atoms with van der Waals surface area (Å²) in [6, 6.07) is 8.82. The summed E-state index contributed by atoms with van der Waals surface area (Å²) >= 11 is 0. The minimum absolute atomic E-state index is 0.338. The van der Waals surface area contributed by atoms with Crippen LogP contribution in [0.5, 0.6) is 0 Å². The van der Waals surface area contributed by atoms with Gasteiger partial charge in [-0.25, -0.2) is 0 Å².